The lowest BCUT2D eigenvalue weighted by Gasteiger charge is -2.20. The number of benzene rings is 2. The quantitative estimate of drug-likeness (QED) is 0.878. The average Bonchev–Trinajstić information content (AvgIpc) is 3.07. The number of sulfonamides is 1. The first-order valence-electron chi connectivity index (χ1n) is 7.83. The molecule has 2 aliphatic heterocycles. The molecule has 2 aromatic rings. The van der Waals surface area contributed by atoms with Gasteiger partial charge < -0.3 is 14.8 Å². The predicted octanol–water partition coefficient (Wildman–Crippen LogP) is 1.54. The number of nitrogens with one attached hydrogen (secondary N) is 2. The lowest BCUT2D eigenvalue weighted by molar-refractivity contribution is 0.167. The minimum atomic E-state index is -3.68. The fourth-order valence-corrected chi connectivity index (χ4v) is 4.15. The third-order valence-electron chi connectivity index (χ3n) is 4.19. The van der Waals surface area contributed by atoms with E-state index in [2.05, 4.69) is 10.0 Å². The summed E-state index contributed by atoms with van der Waals surface area (Å²) < 4.78 is 38.9. The Bertz CT molecular complexity index is 880. The molecule has 24 heavy (non-hydrogen) atoms. The van der Waals surface area contributed by atoms with Crippen LogP contribution >= 0.6 is 0 Å². The third kappa shape index (κ3) is 2.86. The van der Waals surface area contributed by atoms with Crippen molar-refractivity contribution >= 4 is 10.0 Å². The van der Waals surface area contributed by atoms with E-state index in [4.69, 9.17) is 9.47 Å². The number of ether oxygens (including phenoxy) is 2. The van der Waals surface area contributed by atoms with Crippen LogP contribution in [0, 0.1) is 0 Å². The second-order valence-electron chi connectivity index (χ2n) is 5.81. The maximum Gasteiger partial charge on any atom is 0.244 e. The molecule has 126 valence electrons. The van der Waals surface area contributed by atoms with E-state index < -0.39 is 10.0 Å². The SMILES string of the molecule is O=S(=O)(NCc1ccc2c(c1)CNC2)c1cccc2c1OCCO2. The molecule has 0 fully saturated rings. The van der Waals surface area contributed by atoms with Crippen molar-refractivity contribution in [3.05, 3.63) is 53.1 Å². The average molecular weight is 346 g/mol. The van der Waals surface area contributed by atoms with E-state index in [0.717, 1.165) is 18.7 Å². The minimum absolute atomic E-state index is 0.113. The molecule has 0 atom stereocenters. The van der Waals surface area contributed by atoms with Gasteiger partial charge in [-0.1, -0.05) is 24.3 Å². The number of rotatable bonds is 4. The molecule has 2 aromatic carbocycles. The molecule has 0 saturated heterocycles. The smallest absolute Gasteiger partial charge is 0.244 e. The number of hydrogen-bond acceptors (Lipinski definition) is 5. The molecule has 2 aliphatic rings. The van der Waals surface area contributed by atoms with Gasteiger partial charge in [-0.25, -0.2) is 13.1 Å². The van der Waals surface area contributed by atoms with E-state index in [1.807, 2.05) is 18.2 Å². The molecule has 0 amide bonds. The predicted molar refractivity (Wildman–Crippen MR) is 88.4 cm³/mol. The molecular formula is C17H18N2O4S. The molecule has 0 saturated carbocycles. The van der Waals surface area contributed by atoms with Crippen molar-refractivity contribution in [2.45, 2.75) is 24.5 Å². The summed E-state index contributed by atoms with van der Waals surface area (Å²) in [4.78, 5) is 0.113. The number of fused-ring (bicyclic) bond motifs is 2. The van der Waals surface area contributed by atoms with Crippen LogP contribution in [0.5, 0.6) is 11.5 Å². The topological polar surface area (TPSA) is 76.7 Å². The highest BCUT2D eigenvalue weighted by Gasteiger charge is 2.25. The van der Waals surface area contributed by atoms with Gasteiger partial charge in [0.2, 0.25) is 10.0 Å². The number of hydrogen-bond donors (Lipinski definition) is 2. The normalized spacial score (nSPS) is 16.0. The first kappa shape index (κ1) is 15.4. The summed E-state index contributed by atoms with van der Waals surface area (Å²) >= 11 is 0. The van der Waals surface area contributed by atoms with Gasteiger partial charge in [-0.2, -0.15) is 0 Å². The summed E-state index contributed by atoms with van der Waals surface area (Å²) in [5, 5.41) is 3.28. The summed E-state index contributed by atoms with van der Waals surface area (Å²) in [5.74, 6) is 0.752. The van der Waals surface area contributed by atoms with Gasteiger partial charge in [0, 0.05) is 19.6 Å². The molecule has 7 heteroatoms. The van der Waals surface area contributed by atoms with E-state index in [1.54, 1.807) is 12.1 Å². The zero-order valence-corrected chi connectivity index (χ0v) is 13.9. The maximum absolute atomic E-state index is 12.7. The molecule has 2 N–H and O–H groups in total. The Hall–Kier alpha value is -2.09. The summed E-state index contributed by atoms with van der Waals surface area (Å²) in [6.07, 6.45) is 0. The van der Waals surface area contributed by atoms with Crippen LogP contribution in [-0.2, 0) is 29.7 Å². The van der Waals surface area contributed by atoms with Gasteiger partial charge in [0.15, 0.2) is 11.5 Å². The standard InChI is InChI=1S/C17H18N2O4S/c20-24(21,16-3-1-2-15-17(16)23-7-6-22-15)19-9-12-4-5-13-10-18-11-14(13)8-12/h1-5,8,18-19H,6-7,9-11H2. The summed E-state index contributed by atoms with van der Waals surface area (Å²) in [5.41, 5.74) is 3.42. The van der Waals surface area contributed by atoms with Crippen LogP contribution in [0.4, 0.5) is 0 Å². The Labute approximate surface area is 140 Å². The van der Waals surface area contributed by atoms with Gasteiger partial charge in [-0.05, 0) is 28.8 Å². The zero-order valence-electron chi connectivity index (χ0n) is 13.0. The van der Waals surface area contributed by atoms with Gasteiger partial charge in [-0.3, -0.25) is 0 Å². The summed E-state index contributed by atoms with van der Waals surface area (Å²) in [6, 6.07) is 10.9. The molecule has 0 aromatic heterocycles. The first-order chi connectivity index (χ1) is 11.6. The maximum atomic E-state index is 12.7. The molecule has 0 bridgehead atoms. The molecule has 2 heterocycles. The van der Waals surface area contributed by atoms with Crippen molar-refractivity contribution in [1.29, 1.82) is 0 Å². The largest absolute Gasteiger partial charge is 0.486 e. The highest BCUT2D eigenvalue weighted by atomic mass is 32.2. The Balaban J connectivity index is 1.56. The van der Waals surface area contributed by atoms with E-state index in [0.29, 0.717) is 19.0 Å². The Morgan fingerprint density at radius 2 is 1.88 bits per heavy atom. The minimum Gasteiger partial charge on any atom is -0.486 e. The summed E-state index contributed by atoms with van der Waals surface area (Å²) in [7, 11) is -3.68. The molecule has 4 rings (SSSR count). The highest BCUT2D eigenvalue weighted by Crippen LogP contribution is 2.36. The molecule has 0 unspecified atom stereocenters. The highest BCUT2D eigenvalue weighted by molar-refractivity contribution is 7.89. The van der Waals surface area contributed by atoms with Crippen LogP contribution in [0.3, 0.4) is 0 Å². The first-order valence-corrected chi connectivity index (χ1v) is 9.31. The summed E-state index contributed by atoms with van der Waals surface area (Å²) in [6.45, 7) is 2.70. The van der Waals surface area contributed by atoms with Crippen molar-refractivity contribution in [2.75, 3.05) is 13.2 Å². The molecule has 0 aliphatic carbocycles. The monoisotopic (exact) mass is 346 g/mol. The van der Waals surface area contributed by atoms with Crippen LogP contribution in [0.2, 0.25) is 0 Å². The van der Waals surface area contributed by atoms with Crippen LogP contribution in [-0.4, -0.2) is 21.6 Å². The van der Waals surface area contributed by atoms with Crippen molar-refractivity contribution < 1.29 is 17.9 Å². The molecule has 0 spiro atoms. The molecule has 0 radical (unpaired) electrons. The van der Waals surface area contributed by atoms with Gasteiger partial charge in [0.1, 0.15) is 18.1 Å². The van der Waals surface area contributed by atoms with Gasteiger partial charge in [0.25, 0.3) is 0 Å². The zero-order chi connectivity index (χ0) is 16.6. The molecular weight excluding hydrogens is 328 g/mol. The van der Waals surface area contributed by atoms with E-state index >= 15 is 0 Å². The van der Waals surface area contributed by atoms with E-state index in [-0.39, 0.29) is 17.2 Å². The van der Waals surface area contributed by atoms with Crippen molar-refractivity contribution in [3.63, 3.8) is 0 Å². The van der Waals surface area contributed by atoms with Gasteiger partial charge in [0.05, 0.1) is 0 Å². The lowest BCUT2D eigenvalue weighted by atomic mass is 10.1. The van der Waals surface area contributed by atoms with Crippen molar-refractivity contribution in [2.24, 2.45) is 0 Å². The Kier molecular flexibility index (Phi) is 3.91. The van der Waals surface area contributed by atoms with Crippen molar-refractivity contribution in [3.8, 4) is 11.5 Å². The van der Waals surface area contributed by atoms with Crippen LogP contribution in [0.15, 0.2) is 41.3 Å². The van der Waals surface area contributed by atoms with Gasteiger partial charge >= 0.3 is 0 Å². The lowest BCUT2D eigenvalue weighted by Crippen LogP contribution is -2.25. The van der Waals surface area contributed by atoms with Crippen LogP contribution in [0.25, 0.3) is 0 Å². The third-order valence-corrected chi connectivity index (χ3v) is 5.61. The van der Waals surface area contributed by atoms with Crippen LogP contribution < -0.4 is 19.5 Å². The second-order valence-corrected chi connectivity index (χ2v) is 7.55. The Morgan fingerprint density at radius 3 is 2.79 bits per heavy atom. The molecule has 6 nitrogen and oxygen atoms in total. The number of para-hydroxylation sites is 1. The van der Waals surface area contributed by atoms with E-state index in [1.165, 1.54) is 17.2 Å². The second kappa shape index (κ2) is 6.08. The van der Waals surface area contributed by atoms with Crippen LogP contribution in [0.1, 0.15) is 16.7 Å². The van der Waals surface area contributed by atoms with E-state index in [9.17, 15) is 8.42 Å². The Morgan fingerprint density at radius 1 is 1.04 bits per heavy atom. The fraction of sp³-hybridized carbons (Fsp3) is 0.294. The van der Waals surface area contributed by atoms with Gasteiger partial charge in [-0.15, -0.1) is 0 Å². The fourth-order valence-electron chi connectivity index (χ4n) is 2.97. The van der Waals surface area contributed by atoms with Crippen molar-refractivity contribution in [1.82, 2.24) is 10.0 Å².